The van der Waals surface area contributed by atoms with Gasteiger partial charge in [-0.05, 0) is 30.9 Å². The molecule has 1 aliphatic rings. The van der Waals surface area contributed by atoms with Gasteiger partial charge in [-0.1, -0.05) is 19.8 Å². The topological polar surface area (TPSA) is 110 Å². The van der Waals surface area contributed by atoms with Crippen LogP contribution in [-0.2, 0) is 0 Å². The first-order valence-electron chi connectivity index (χ1n) is 7.09. The third-order valence-electron chi connectivity index (χ3n) is 4.04. The lowest BCUT2D eigenvalue weighted by Gasteiger charge is -2.29. The summed E-state index contributed by atoms with van der Waals surface area (Å²) in [4.78, 5) is 22.7. The van der Waals surface area contributed by atoms with Gasteiger partial charge in [-0.25, -0.2) is 0 Å². The lowest BCUT2D eigenvalue weighted by atomic mass is 9.86. The fourth-order valence-electron chi connectivity index (χ4n) is 2.73. The van der Waals surface area contributed by atoms with E-state index in [4.69, 9.17) is 5.84 Å². The maximum Gasteiger partial charge on any atom is 0.294 e. The van der Waals surface area contributed by atoms with Gasteiger partial charge in [0.2, 0.25) is 0 Å². The molecule has 1 aromatic carbocycles. The minimum Gasteiger partial charge on any atom is -0.349 e. The fourth-order valence-corrected chi connectivity index (χ4v) is 2.73. The van der Waals surface area contributed by atoms with Crippen molar-refractivity contribution in [2.45, 2.75) is 38.6 Å². The van der Waals surface area contributed by atoms with Crippen LogP contribution >= 0.6 is 0 Å². The Hall–Kier alpha value is -2.15. The Labute approximate surface area is 123 Å². The van der Waals surface area contributed by atoms with E-state index in [0.29, 0.717) is 5.92 Å². The zero-order valence-corrected chi connectivity index (χ0v) is 12.0. The van der Waals surface area contributed by atoms with Crippen LogP contribution in [0.1, 0.15) is 43.0 Å². The SMILES string of the molecule is CC1CCCCC1NC(=O)c1ccc(NN)c([N+](=O)[O-])c1. The van der Waals surface area contributed by atoms with E-state index >= 15 is 0 Å². The van der Waals surface area contributed by atoms with Crippen molar-refractivity contribution >= 4 is 17.3 Å². The molecule has 2 rings (SSSR count). The molecule has 0 bridgehead atoms. The van der Waals surface area contributed by atoms with E-state index in [1.165, 1.54) is 24.6 Å². The number of nitro benzene ring substituents is 1. The Morgan fingerprint density at radius 1 is 1.38 bits per heavy atom. The molecule has 1 aliphatic carbocycles. The summed E-state index contributed by atoms with van der Waals surface area (Å²) in [5.74, 6) is 5.38. The average molecular weight is 292 g/mol. The molecular formula is C14H20N4O3. The smallest absolute Gasteiger partial charge is 0.294 e. The summed E-state index contributed by atoms with van der Waals surface area (Å²) in [5.41, 5.74) is 2.51. The third kappa shape index (κ3) is 3.49. The minimum absolute atomic E-state index is 0.137. The first kappa shape index (κ1) is 15.2. The van der Waals surface area contributed by atoms with Gasteiger partial charge in [-0.15, -0.1) is 0 Å². The van der Waals surface area contributed by atoms with E-state index in [1.54, 1.807) is 0 Å². The van der Waals surface area contributed by atoms with Crippen LogP contribution in [0.3, 0.4) is 0 Å². The van der Waals surface area contributed by atoms with Crippen molar-refractivity contribution < 1.29 is 9.72 Å². The van der Waals surface area contributed by atoms with E-state index in [1.807, 2.05) is 0 Å². The molecule has 2 unspecified atom stereocenters. The number of benzene rings is 1. The van der Waals surface area contributed by atoms with Crippen molar-refractivity contribution in [2.75, 3.05) is 5.43 Å². The van der Waals surface area contributed by atoms with E-state index in [9.17, 15) is 14.9 Å². The van der Waals surface area contributed by atoms with E-state index in [0.717, 1.165) is 19.3 Å². The molecule has 2 atom stereocenters. The molecule has 1 fully saturated rings. The summed E-state index contributed by atoms with van der Waals surface area (Å²) in [6.45, 7) is 2.12. The number of amides is 1. The molecule has 0 aliphatic heterocycles. The van der Waals surface area contributed by atoms with Gasteiger partial charge < -0.3 is 10.7 Å². The number of rotatable bonds is 4. The lowest BCUT2D eigenvalue weighted by molar-refractivity contribution is -0.384. The van der Waals surface area contributed by atoms with E-state index in [-0.39, 0.29) is 28.9 Å². The van der Waals surface area contributed by atoms with Crippen LogP contribution in [0.4, 0.5) is 11.4 Å². The van der Waals surface area contributed by atoms with Gasteiger partial charge in [-0.3, -0.25) is 20.8 Å². The van der Waals surface area contributed by atoms with Crippen LogP contribution in [0.2, 0.25) is 0 Å². The number of nitro groups is 1. The molecule has 0 spiro atoms. The van der Waals surface area contributed by atoms with Crippen LogP contribution in [0.25, 0.3) is 0 Å². The molecule has 0 radical (unpaired) electrons. The second kappa shape index (κ2) is 6.53. The molecule has 1 amide bonds. The summed E-state index contributed by atoms with van der Waals surface area (Å²) < 4.78 is 0. The number of hydrazine groups is 1. The van der Waals surface area contributed by atoms with Crippen molar-refractivity contribution in [1.82, 2.24) is 5.32 Å². The summed E-state index contributed by atoms with van der Waals surface area (Å²) >= 11 is 0. The normalized spacial score (nSPS) is 21.6. The summed E-state index contributed by atoms with van der Waals surface area (Å²) in [5, 5.41) is 14.0. The number of anilines is 1. The largest absolute Gasteiger partial charge is 0.349 e. The lowest BCUT2D eigenvalue weighted by Crippen LogP contribution is -2.41. The van der Waals surface area contributed by atoms with Crippen molar-refractivity contribution in [2.24, 2.45) is 11.8 Å². The van der Waals surface area contributed by atoms with Gasteiger partial charge >= 0.3 is 0 Å². The quantitative estimate of drug-likeness (QED) is 0.447. The van der Waals surface area contributed by atoms with Gasteiger partial charge in [0.1, 0.15) is 5.69 Å². The van der Waals surface area contributed by atoms with Gasteiger partial charge in [0.15, 0.2) is 0 Å². The molecule has 1 aromatic rings. The van der Waals surface area contributed by atoms with Gasteiger partial charge in [0, 0.05) is 17.7 Å². The van der Waals surface area contributed by atoms with Crippen molar-refractivity contribution in [3.63, 3.8) is 0 Å². The standard InChI is InChI=1S/C14H20N4O3/c1-9-4-2-3-5-11(9)16-14(19)10-6-7-12(17-15)13(8-10)18(20)21/h6-9,11,17H,2-5,15H2,1H3,(H,16,19). The molecule has 4 N–H and O–H groups in total. The Bertz CT molecular complexity index is 547. The molecule has 0 heterocycles. The second-order valence-electron chi connectivity index (χ2n) is 5.48. The minimum atomic E-state index is -0.560. The number of nitrogens with zero attached hydrogens (tertiary/aromatic N) is 1. The monoisotopic (exact) mass is 292 g/mol. The van der Waals surface area contributed by atoms with Crippen LogP contribution in [0.15, 0.2) is 18.2 Å². The summed E-state index contributed by atoms with van der Waals surface area (Å²) in [7, 11) is 0. The number of hydrogen-bond acceptors (Lipinski definition) is 5. The maximum absolute atomic E-state index is 12.2. The van der Waals surface area contributed by atoms with Crippen molar-refractivity contribution in [3.05, 3.63) is 33.9 Å². The number of nitrogens with one attached hydrogen (secondary N) is 2. The highest BCUT2D eigenvalue weighted by Crippen LogP contribution is 2.26. The van der Waals surface area contributed by atoms with Gasteiger partial charge in [0.05, 0.1) is 4.92 Å². The van der Waals surface area contributed by atoms with E-state index < -0.39 is 4.92 Å². The second-order valence-corrected chi connectivity index (χ2v) is 5.48. The van der Waals surface area contributed by atoms with Gasteiger partial charge in [-0.2, -0.15) is 0 Å². The number of hydrogen-bond donors (Lipinski definition) is 3. The number of nitrogens with two attached hydrogens (primary N) is 1. The molecule has 114 valence electrons. The predicted molar refractivity (Wildman–Crippen MR) is 79.8 cm³/mol. The van der Waals surface area contributed by atoms with Gasteiger partial charge in [0.25, 0.3) is 11.6 Å². The highest BCUT2D eigenvalue weighted by Gasteiger charge is 2.24. The van der Waals surface area contributed by atoms with Crippen LogP contribution in [0.5, 0.6) is 0 Å². The average Bonchev–Trinajstić information content (AvgIpc) is 2.48. The molecular weight excluding hydrogens is 272 g/mol. The number of carbonyl (C=O) groups is 1. The molecule has 21 heavy (non-hydrogen) atoms. The van der Waals surface area contributed by atoms with Crippen molar-refractivity contribution in [1.29, 1.82) is 0 Å². The molecule has 0 aromatic heterocycles. The van der Waals surface area contributed by atoms with Crippen LogP contribution < -0.4 is 16.6 Å². The molecule has 7 nitrogen and oxygen atoms in total. The Balaban J connectivity index is 2.15. The van der Waals surface area contributed by atoms with Crippen molar-refractivity contribution in [3.8, 4) is 0 Å². The molecule has 7 heteroatoms. The first-order valence-corrected chi connectivity index (χ1v) is 7.09. The molecule has 0 saturated heterocycles. The first-order chi connectivity index (χ1) is 10.0. The Morgan fingerprint density at radius 2 is 2.10 bits per heavy atom. The number of nitrogen functional groups attached to an aromatic ring is 1. The van der Waals surface area contributed by atoms with Crippen LogP contribution in [-0.4, -0.2) is 16.9 Å². The maximum atomic E-state index is 12.2. The summed E-state index contributed by atoms with van der Waals surface area (Å²) in [6, 6.07) is 4.36. The van der Waals surface area contributed by atoms with Crippen LogP contribution in [0, 0.1) is 16.0 Å². The molecule has 1 saturated carbocycles. The van der Waals surface area contributed by atoms with E-state index in [2.05, 4.69) is 17.7 Å². The Kier molecular flexibility index (Phi) is 4.74. The predicted octanol–water partition coefficient (Wildman–Crippen LogP) is 2.19. The third-order valence-corrected chi connectivity index (χ3v) is 4.04. The Morgan fingerprint density at radius 3 is 2.71 bits per heavy atom. The highest BCUT2D eigenvalue weighted by molar-refractivity contribution is 5.95. The zero-order valence-electron chi connectivity index (χ0n) is 12.0. The fraction of sp³-hybridized carbons (Fsp3) is 0.500. The zero-order chi connectivity index (χ0) is 15.4. The highest BCUT2D eigenvalue weighted by atomic mass is 16.6. The summed E-state index contributed by atoms with van der Waals surface area (Å²) in [6.07, 6.45) is 4.35. The number of carbonyl (C=O) groups excluding carboxylic acids is 1.